The lowest BCUT2D eigenvalue weighted by Gasteiger charge is -1.82. The topological polar surface area (TPSA) is 0 Å². The van der Waals surface area contributed by atoms with Gasteiger partial charge in [-0.2, -0.15) is 0 Å². The van der Waals surface area contributed by atoms with Crippen LogP contribution in [0.3, 0.4) is 0 Å². The van der Waals surface area contributed by atoms with Crippen molar-refractivity contribution in [2.45, 2.75) is 73.1 Å². The lowest BCUT2D eigenvalue weighted by Crippen LogP contribution is -1.62. The van der Waals surface area contributed by atoms with Crippen LogP contribution in [0.15, 0.2) is 30.3 Å². The summed E-state index contributed by atoms with van der Waals surface area (Å²) in [6.45, 7) is 10.9. The first-order chi connectivity index (χ1) is 8.22. The number of hydrogen-bond donors (Lipinski definition) is 0. The van der Waals surface area contributed by atoms with Crippen LogP contribution in [0.5, 0.6) is 0 Å². The second-order valence-electron chi connectivity index (χ2n) is 4.36. The molecule has 0 saturated carbocycles. The van der Waals surface area contributed by atoms with Crippen molar-refractivity contribution in [3.63, 3.8) is 0 Å². The van der Waals surface area contributed by atoms with Crippen LogP contribution in [0.1, 0.15) is 71.8 Å². The fraction of sp³-hybridized carbons (Fsp3) is 0.647. The molecule has 0 atom stereocenters. The van der Waals surface area contributed by atoms with Crippen LogP contribution in [0, 0.1) is 6.92 Å². The van der Waals surface area contributed by atoms with Crippen molar-refractivity contribution in [2.24, 2.45) is 0 Å². The molecule has 1 aromatic carbocycles. The molecule has 0 spiro atoms. The zero-order valence-electron chi connectivity index (χ0n) is 12.6. The van der Waals surface area contributed by atoms with E-state index in [-0.39, 0.29) is 0 Å². The summed E-state index contributed by atoms with van der Waals surface area (Å²) in [5, 5.41) is 0. The van der Waals surface area contributed by atoms with Gasteiger partial charge in [0, 0.05) is 0 Å². The first-order valence-corrected chi connectivity index (χ1v) is 7.24. The van der Waals surface area contributed by atoms with Crippen molar-refractivity contribution < 1.29 is 0 Å². The molecule has 0 nitrogen and oxygen atoms in total. The van der Waals surface area contributed by atoms with Crippen LogP contribution in [-0.4, -0.2) is 0 Å². The van der Waals surface area contributed by atoms with E-state index >= 15 is 0 Å². The minimum atomic E-state index is 1.32. The summed E-state index contributed by atoms with van der Waals surface area (Å²) in [7, 11) is 0. The third-order valence-electron chi connectivity index (χ3n) is 2.35. The van der Waals surface area contributed by atoms with Crippen molar-refractivity contribution >= 4 is 0 Å². The van der Waals surface area contributed by atoms with Gasteiger partial charge in [-0.05, 0) is 6.92 Å². The fourth-order valence-electron chi connectivity index (χ4n) is 1.24. The Morgan fingerprint density at radius 3 is 1.12 bits per heavy atom. The molecular weight excluding hydrogens is 204 g/mol. The van der Waals surface area contributed by atoms with Crippen molar-refractivity contribution in [2.75, 3.05) is 0 Å². The summed E-state index contributed by atoms with van der Waals surface area (Å²) in [5.74, 6) is 0. The third-order valence-corrected chi connectivity index (χ3v) is 2.35. The second-order valence-corrected chi connectivity index (χ2v) is 4.36. The maximum atomic E-state index is 2.21. The summed E-state index contributed by atoms with van der Waals surface area (Å²) in [5.41, 5.74) is 1.32. The Morgan fingerprint density at radius 1 is 0.647 bits per heavy atom. The maximum Gasteiger partial charge on any atom is -0.0398 e. The van der Waals surface area contributed by atoms with Gasteiger partial charge in [0.2, 0.25) is 0 Å². The normalized spacial score (nSPS) is 8.53. The Morgan fingerprint density at radius 2 is 1.00 bits per heavy atom. The van der Waals surface area contributed by atoms with E-state index in [4.69, 9.17) is 0 Å². The van der Waals surface area contributed by atoms with Crippen molar-refractivity contribution in [1.82, 2.24) is 0 Å². The molecule has 1 rings (SSSR count). The molecule has 0 fully saturated rings. The lowest BCUT2D eigenvalue weighted by atomic mass is 10.2. The molecule has 0 aromatic heterocycles. The molecule has 0 aliphatic heterocycles. The van der Waals surface area contributed by atoms with Crippen LogP contribution >= 0.6 is 0 Å². The van der Waals surface area contributed by atoms with Gasteiger partial charge in [0.25, 0.3) is 0 Å². The van der Waals surface area contributed by atoms with Crippen molar-refractivity contribution in [3.05, 3.63) is 35.9 Å². The second kappa shape index (κ2) is 17.6. The van der Waals surface area contributed by atoms with Gasteiger partial charge in [0.15, 0.2) is 0 Å². The Kier molecular flexibility index (Phi) is 19.2. The number of hydrogen-bond acceptors (Lipinski definition) is 0. The Bertz CT molecular complexity index is 191. The minimum absolute atomic E-state index is 1.32. The molecule has 0 bridgehead atoms. The molecular formula is C17H32. The lowest BCUT2D eigenvalue weighted by molar-refractivity contribution is 0.772. The first-order valence-electron chi connectivity index (χ1n) is 7.24. The summed E-state index contributed by atoms with van der Waals surface area (Å²) in [4.78, 5) is 0. The van der Waals surface area contributed by atoms with Crippen LogP contribution in [0.25, 0.3) is 0 Å². The van der Waals surface area contributed by atoms with Crippen LogP contribution in [0.2, 0.25) is 0 Å². The van der Waals surface area contributed by atoms with Gasteiger partial charge in [0.1, 0.15) is 0 Å². The highest BCUT2D eigenvalue weighted by atomic mass is 13.8. The van der Waals surface area contributed by atoms with E-state index in [1.54, 1.807) is 0 Å². The average molecular weight is 236 g/mol. The smallest absolute Gasteiger partial charge is 0.0398 e. The average Bonchev–Trinajstić information content (AvgIpc) is 2.34. The highest BCUT2D eigenvalue weighted by Gasteiger charge is 1.72. The van der Waals surface area contributed by atoms with E-state index in [1.807, 2.05) is 18.2 Å². The van der Waals surface area contributed by atoms with Crippen LogP contribution in [0.4, 0.5) is 0 Å². The van der Waals surface area contributed by atoms with E-state index < -0.39 is 0 Å². The van der Waals surface area contributed by atoms with E-state index in [0.717, 1.165) is 0 Å². The molecule has 0 N–H and O–H groups in total. The number of rotatable bonds is 4. The molecule has 0 aliphatic rings. The van der Waals surface area contributed by atoms with Gasteiger partial charge in [-0.1, -0.05) is 102 Å². The van der Waals surface area contributed by atoms with E-state index in [1.165, 1.54) is 44.1 Å². The molecule has 0 radical (unpaired) electrons. The Labute approximate surface area is 109 Å². The molecule has 100 valence electrons. The molecule has 0 saturated heterocycles. The number of unbranched alkanes of at least 4 members (excludes halogenated alkanes) is 4. The molecule has 0 amide bonds. The molecule has 0 unspecified atom stereocenters. The Balaban J connectivity index is 0. The summed E-state index contributed by atoms with van der Waals surface area (Å²) >= 11 is 0. The molecule has 1 aromatic rings. The van der Waals surface area contributed by atoms with E-state index in [0.29, 0.717) is 0 Å². The minimum Gasteiger partial charge on any atom is -0.0654 e. The highest BCUT2D eigenvalue weighted by molar-refractivity contribution is 5.11. The maximum absolute atomic E-state index is 2.21. The monoisotopic (exact) mass is 236 g/mol. The molecule has 0 aliphatic carbocycles. The van der Waals surface area contributed by atoms with Gasteiger partial charge in [-0.3, -0.25) is 0 Å². The number of benzene rings is 1. The largest absolute Gasteiger partial charge is 0.0654 e. The quantitative estimate of drug-likeness (QED) is 0.568. The van der Waals surface area contributed by atoms with E-state index in [9.17, 15) is 0 Å². The zero-order valence-corrected chi connectivity index (χ0v) is 12.6. The van der Waals surface area contributed by atoms with Gasteiger partial charge >= 0.3 is 0 Å². The van der Waals surface area contributed by atoms with Crippen LogP contribution < -0.4 is 0 Å². The van der Waals surface area contributed by atoms with E-state index in [2.05, 4.69) is 46.8 Å². The first kappa shape index (κ1) is 18.6. The predicted octanol–water partition coefficient (Wildman–Crippen LogP) is 6.39. The SMILES string of the molecule is CCCCC.CCCCC.Cc1ccccc1. The zero-order chi connectivity index (χ0) is 13.4. The predicted molar refractivity (Wildman–Crippen MR) is 81.6 cm³/mol. The van der Waals surface area contributed by atoms with Gasteiger partial charge in [-0.15, -0.1) is 0 Å². The molecule has 17 heavy (non-hydrogen) atoms. The molecule has 0 heterocycles. The van der Waals surface area contributed by atoms with Gasteiger partial charge in [-0.25, -0.2) is 0 Å². The number of aryl methyl sites for hydroxylation is 1. The Hall–Kier alpha value is -0.780. The summed E-state index contributed by atoms with van der Waals surface area (Å²) in [6.07, 6.45) is 8.15. The van der Waals surface area contributed by atoms with Crippen molar-refractivity contribution in [3.8, 4) is 0 Å². The molecule has 0 heteroatoms. The van der Waals surface area contributed by atoms with Gasteiger partial charge in [0.05, 0.1) is 0 Å². The summed E-state index contributed by atoms with van der Waals surface area (Å²) in [6, 6.07) is 10.3. The highest BCUT2D eigenvalue weighted by Crippen LogP contribution is 1.92. The summed E-state index contributed by atoms with van der Waals surface area (Å²) < 4.78 is 0. The standard InChI is InChI=1S/C7H8.2C5H12/c1-7-5-3-2-4-6-7;2*1-3-5-4-2/h2-6H,1H3;2*3-5H2,1-2H3. The third kappa shape index (κ3) is 21.1. The fourth-order valence-corrected chi connectivity index (χ4v) is 1.24. The van der Waals surface area contributed by atoms with Gasteiger partial charge < -0.3 is 0 Å². The van der Waals surface area contributed by atoms with Crippen LogP contribution in [-0.2, 0) is 0 Å². The van der Waals surface area contributed by atoms with Crippen molar-refractivity contribution in [1.29, 1.82) is 0 Å².